The lowest BCUT2D eigenvalue weighted by molar-refractivity contribution is 0.497. The molecular weight excluding hydrogens is 264 g/mol. The molecule has 2 aromatic carbocycles. The van der Waals surface area contributed by atoms with Crippen LogP contribution in [0.25, 0.3) is 11.0 Å². The minimum Gasteiger partial charge on any atom is -0.449 e. The van der Waals surface area contributed by atoms with E-state index in [0.29, 0.717) is 0 Å². The summed E-state index contributed by atoms with van der Waals surface area (Å²) in [6.07, 6.45) is 0. The standard InChI is InChI=1S/C18H18OS/c1-18(2,3)15-11-7-8-13-12-16(19-17(13)15)20-14-9-5-4-6-10-14/h4-12H,1-3H3. The van der Waals surface area contributed by atoms with Crippen molar-refractivity contribution in [2.45, 2.75) is 36.2 Å². The van der Waals surface area contributed by atoms with Crippen LogP contribution in [0, 0.1) is 0 Å². The number of fused-ring (bicyclic) bond motifs is 1. The van der Waals surface area contributed by atoms with Crippen molar-refractivity contribution < 1.29 is 4.42 Å². The van der Waals surface area contributed by atoms with E-state index in [2.05, 4.69) is 57.2 Å². The highest BCUT2D eigenvalue weighted by Crippen LogP contribution is 2.36. The van der Waals surface area contributed by atoms with Crippen molar-refractivity contribution in [1.29, 1.82) is 0 Å². The highest BCUT2D eigenvalue weighted by Gasteiger charge is 2.19. The third-order valence-electron chi connectivity index (χ3n) is 3.29. The summed E-state index contributed by atoms with van der Waals surface area (Å²) in [4.78, 5) is 1.20. The van der Waals surface area contributed by atoms with E-state index in [0.717, 1.165) is 10.7 Å². The Morgan fingerprint density at radius 2 is 1.65 bits per heavy atom. The molecule has 0 atom stereocenters. The highest BCUT2D eigenvalue weighted by molar-refractivity contribution is 7.99. The molecule has 20 heavy (non-hydrogen) atoms. The van der Waals surface area contributed by atoms with Gasteiger partial charge in [0.25, 0.3) is 0 Å². The highest BCUT2D eigenvalue weighted by atomic mass is 32.2. The fourth-order valence-electron chi connectivity index (χ4n) is 2.29. The molecule has 0 amide bonds. The molecule has 102 valence electrons. The first-order valence-electron chi connectivity index (χ1n) is 6.80. The first-order chi connectivity index (χ1) is 9.54. The summed E-state index contributed by atoms with van der Waals surface area (Å²) in [5, 5.41) is 2.12. The van der Waals surface area contributed by atoms with Crippen LogP contribution in [0.1, 0.15) is 26.3 Å². The van der Waals surface area contributed by atoms with Crippen molar-refractivity contribution in [2.75, 3.05) is 0 Å². The van der Waals surface area contributed by atoms with E-state index in [1.165, 1.54) is 15.8 Å². The van der Waals surface area contributed by atoms with Crippen LogP contribution in [0.5, 0.6) is 0 Å². The first kappa shape index (κ1) is 13.3. The van der Waals surface area contributed by atoms with E-state index in [1.807, 2.05) is 18.2 Å². The number of benzene rings is 2. The third-order valence-corrected chi connectivity index (χ3v) is 4.20. The molecule has 0 aliphatic rings. The van der Waals surface area contributed by atoms with Gasteiger partial charge in [-0.15, -0.1) is 0 Å². The normalized spacial score (nSPS) is 11.9. The lowest BCUT2D eigenvalue weighted by atomic mass is 9.86. The Morgan fingerprint density at radius 1 is 0.900 bits per heavy atom. The molecule has 0 aliphatic heterocycles. The molecule has 0 unspecified atom stereocenters. The fraction of sp³-hybridized carbons (Fsp3) is 0.222. The fourth-order valence-corrected chi connectivity index (χ4v) is 3.12. The maximum absolute atomic E-state index is 6.09. The molecular formula is C18H18OS. The second-order valence-corrected chi connectivity index (χ2v) is 7.03. The molecule has 0 radical (unpaired) electrons. The molecule has 1 aromatic heterocycles. The molecule has 0 spiro atoms. The van der Waals surface area contributed by atoms with Crippen LogP contribution < -0.4 is 0 Å². The smallest absolute Gasteiger partial charge is 0.166 e. The van der Waals surface area contributed by atoms with Crippen molar-refractivity contribution in [3.63, 3.8) is 0 Å². The largest absolute Gasteiger partial charge is 0.449 e. The SMILES string of the molecule is CC(C)(C)c1cccc2cc(Sc3ccccc3)oc12. The van der Waals surface area contributed by atoms with Gasteiger partial charge in [0.15, 0.2) is 5.09 Å². The minimum atomic E-state index is 0.0893. The maximum atomic E-state index is 6.09. The van der Waals surface area contributed by atoms with E-state index in [4.69, 9.17) is 4.42 Å². The molecule has 0 bridgehead atoms. The summed E-state index contributed by atoms with van der Waals surface area (Å²) in [7, 11) is 0. The summed E-state index contributed by atoms with van der Waals surface area (Å²) in [6, 6.07) is 18.8. The summed E-state index contributed by atoms with van der Waals surface area (Å²) in [5.41, 5.74) is 2.36. The molecule has 0 saturated carbocycles. The van der Waals surface area contributed by atoms with Crippen molar-refractivity contribution in [3.8, 4) is 0 Å². The van der Waals surface area contributed by atoms with E-state index < -0.39 is 0 Å². The lowest BCUT2D eigenvalue weighted by Gasteiger charge is -2.18. The van der Waals surface area contributed by atoms with Gasteiger partial charge in [-0.25, -0.2) is 0 Å². The van der Waals surface area contributed by atoms with Gasteiger partial charge in [-0.05, 0) is 23.6 Å². The van der Waals surface area contributed by atoms with Crippen molar-refractivity contribution >= 4 is 22.7 Å². The van der Waals surface area contributed by atoms with Crippen LogP contribution in [-0.2, 0) is 5.41 Å². The first-order valence-corrected chi connectivity index (χ1v) is 7.62. The van der Waals surface area contributed by atoms with Crippen LogP contribution in [0.3, 0.4) is 0 Å². The van der Waals surface area contributed by atoms with Crippen LogP contribution >= 0.6 is 11.8 Å². The number of furan rings is 1. The predicted octanol–water partition coefficient (Wildman–Crippen LogP) is 5.88. The quantitative estimate of drug-likeness (QED) is 0.582. The second-order valence-electron chi connectivity index (χ2n) is 5.95. The van der Waals surface area contributed by atoms with Gasteiger partial charge >= 0.3 is 0 Å². The molecule has 0 N–H and O–H groups in total. The molecule has 0 saturated heterocycles. The van der Waals surface area contributed by atoms with E-state index in [1.54, 1.807) is 11.8 Å². The van der Waals surface area contributed by atoms with Gasteiger partial charge in [-0.1, -0.05) is 68.9 Å². The van der Waals surface area contributed by atoms with E-state index >= 15 is 0 Å². The molecule has 2 heteroatoms. The van der Waals surface area contributed by atoms with Gasteiger partial charge in [0.2, 0.25) is 0 Å². The van der Waals surface area contributed by atoms with E-state index in [9.17, 15) is 0 Å². The van der Waals surface area contributed by atoms with Crippen molar-refractivity contribution in [1.82, 2.24) is 0 Å². The molecule has 1 nitrogen and oxygen atoms in total. The van der Waals surface area contributed by atoms with Gasteiger partial charge in [0.05, 0.1) is 0 Å². The monoisotopic (exact) mass is 282 g/mol. The van der Waals surface area contributed by atoms with E-state index in [-0.39, 0.29) is 5.41 Å². The van der Waals surface area contributed by atoms with Gasteiger partial charge in [-0.3, -0.25) is 0 Å². The average molecular weight is 282 g/mol. The third kappa shape index (κ3) is 2.61. The van der Waals surface area contributed by atoms with Gasteiger partial charge in [0.1, 0.15) is 5.58 Å². The zero-order valence-electron chi connectivity index (χ0n) is 12.0. The van der Waals surface area contributed by atoms with Gasteiger partial charge < -0.3 is 4.42 Å². The Balaban J connectivity index is 2.03. The predicted molar refractivity (Wildman–Crippen MR) is 85.5 cm³/mol. The minimum absolute atomic E-state index is 0.0893. The Bertz CT molecular complexity index is 720. The van der Waals surface area contributed by atoms with Crippen LogP contribution in [0.2, 0.25) is 0 Å². The van der Waals surface area contributed by atoms with Crippen LogP contribution in [0.15, 0.2) is 69.0 Å². The number of hydrogen-bond acceptors (Lipinski definition) is 2. The van der Waals surface area contributed by atoms with Crippen LogP contribution in [-0.4, -0.2) is 0 Å². The molecule has 3 rings (SSSR count). The van der Waals surface area contributed by atoms with Crippen LogP contribution in [0.4, 0.5) is 0 Å². The Morgan fingerprint density at radius 3 is 2.35 bits per heavy atom. The second kappa shape index (κ2) is 5.02. The topological polar surface area (TPSA) is 13.1 Å². The maximum Gasteiger partial charge on any atom is 0.166 e. The molecule has 1 heterocycles. The number of para-hydroxylation sites is 1. The summed E-state index contributed by atoms with van der Waals surface area (Å²) >= 11 is 1.67. The van der Waals surface area contributed by atoms with Gasteiger partial charge in [0, 0.05) is 15.8 Å². The number of hydrogen-bond donors (Lipinski definition) is 0. The molecule has 0 aliphatic carbocycles. The Hall–Kier alpha value is -1.67. The van der Waals surface area contributed by atoms with Crippen molar-refractivity contribution in [3.05, 3.63) is 60.2 Å². The lowest BCUT2D eigenvalue weighted by Crippen LogP contribution is -2.10. The molecule has 0 fully saturated rings. The Labute approximate surface area is 124 Å². The summed E-state index contributed by atoms with van der Waals surface area (Å²) in [6.45, 7) is 6.65. The van der Waals surface area contributed by atoms with Gasteiger partial charge in [-0.2, -0.15) is 0 Å². The average Bonchev–Trinajstić information content (AvgIpc) is 2.80. The zero-order valence-corrected chi connectivity index (χ0v) is 12.8. The summed E-state index contributed by atoms with van der Waals surface area (Å²) < 4.78 is 6.09. The summed E-state index contributed by atoms with van der Waals surface area (Å²) in [5.74, 6) is 0. The zero-order chi connectivity index (χ0) is 14.2. The van der Waals surface area contributed by atoms with Crippen molar-refractivity contribution in [2.24, 2.45) is 0 Å². The Kier molecular flexibility index (Phi) is 3.35. The number of rotatable bonds is 2. The molecule has 3 aromatic rings.